The lowest BCUT2D eigenvalue weighted by atomic mass is 10.3. The third-order valence-electron chi connectivity index (χ3n) is 2.04. The van der Waals surface area contributed by atoms with Crippen molar-refractivity contribution in [3.05, 3.63) is 17.0 Å². The van der Waals surface area contributed by atoms with E-state index in [0.717, 1.165) is 0 Å². The van der Waals surface area contributed by atoms with Crippen LogP contribution in [-0.4, -0.2) is 37.2 Å². The molecule has 0 fully saturated rings. The van der Waals surface area contributed by atoms with Crippen LogP contribution < -0.4 is 4.72 Å². The van der Waals surface area contributed by atoms with Crippen molar-refractivity contribution >= 4 is 27.3 Å². The van der Waals surface area contributed by atoms with Gasteiger partial charge in [-0.1, -0.05) is 6.92 Å². The van der Waals surface area contributed by atoms with Crippen LogP contribution >= 0.6 is 11.3 Å². The monoisotopic (exact) mass is 279 g/mol. The molecule has 3 N–H and O–H groups in total. The molecular weight excluding hydrogens is 266 g/mol. The Kier molecular flexibility index (Phi) is 4.63. The molecule has 0 saturated carbocycles. The van der Waals surface area contributed by atoms with Crippen LogP contribution in [0.3, 0.4) is 0 Å². The highest BCUT2D eigenvalue weighted by atomic mass is 32.2. The van der Waals surface area contributed by atoms with Crippen molar-refractivity contribution in [2.75, 3.05) is 6.54 Å². The number of aliphatic hydroxyl groups excluding tert-OH is 1. The van der Waals surface area contributed by atoms with E-state index in [1.807, 2.05) is 0 Å². The SMILES string of the molecule is CCC(O)CNS(=O)(=O)c1ccc(C(=O)O)s1. The Bertz CT molecular complexity index is 493. The molecule has 1 aromatic heterocycles. The smallest absolute Gasteiger partial charge is 0.345 e. The van der Waals surface area contributed by atoms with Crippen molar-refractivity contribution in [3.8, 4) is 0 Å². The van der Waals surface area contributed by atoms with Gasteiger partial charge in [0, 0.05) is 6.54 Å². The van der Waals surface area contributed by atoms with E-state index >= 15 is 0 Å². The van der Waals surface area contributed by atoms with Gasteiger partial charge >= 0.3 is 5.97 Å². The lowest BCUT2D eigenvalue weighted by molar-refractivity contribution is 0.0702. The molecule has 1 unspecified atom stereocenters. The minimum Gasteiger partial charge on any atom is -0.477 e. The summed E-state index contributed by atoms with van der Waals surface area (Å²) >= 11 is 0.676. The molecule has 0 bridgehead atoms. The molecule has 1 atom stereocenters. The maximum Gasteiger partial charge on any atom is 0.345 e. The molecule has 0 saturated heterocycles. The van der Waals surface area contributed by atoms with Crippen LogP contribution in [-0.2, 0) is 10.0 Å². The molecule has 0 radical (unpaired) electrons. The van der Waals surface area contributed by atoms with E-state index in [4.69, 9.17) is 5.11 Å². The van der Waals surface area contributed by atoms with Crippen LogP contribution in [0.4, 0.5) is 0 Å². The number of rotatable bonds is 6. The van der Waals surface area contributed by atoms with Gasteiger partial charge in [0.1, 0.15) is 9.09 Å². The summed E-state index contributed by atoms with van der Waals surface area (Å²) in [7, 11) is -3.73. The summed E-state index contributed by atoms with van der Waals surface area (Å²) in [6.45, 7) is 1.64. The second-order valence-electron chi connectivity index (χ2n) is 3.34. The maximum atomic E-state index is 11.7. The normalized spacial score (nSPS) is 13.5. The topological polar surface area (TPSA) is 104 Å². The number of aromatic carboxylic acids is 1. The van der Waals surface area contributed by atoms with Crippen molar-refractivity contribution in [1.82, 2.24) is 4.72 Å². The Morgan fingerprint density at radius 2 is 2.18 bits per heavy atom. The maximum absolute atomic E-state index is 11.7. The van der Waals surface area contributed by atoms with Crippen molar-refractivity contribution in [1.29, 1.82) is 0 Å². The van der Waals surface area contributed by atoms with Gasteiger partial charge < -0.3 is 10.2 Å². The average Bonchev–Trinajstić information content (AvgIpc) is 2.76. The molecule has 0 aliphatic rings. The molecule has 0 aliphatic heterocycles. The third-order valence-corrected chi connectivity index (χ3v) is 5.03. The molecule has 0 spiro atoms. The van der Waals surface area contributed by atoms with Gasteiger partial charge in [-0.2, -0.15) is 0 Å². The fourth-order valence-corrected chi connectivity index (χ4v) is 3.26. The molecule has 1 heterocycles. The Labute approximate surface area is 103 Å². The first-order valence-corrected chi connectivity index (χ1v) is 7.17. The zero-order chi connectivity index (χ0) is 13.1. The van der Waals surface area contributed by atoms with E-state index in [9.17, 15) is 18.3 Å². The molecule has 0 aliphatic carbocycles. The second kappa shape index (κ2) is 5.58. The van der Waals surface area contributed by atoms with Crippen molar-refractivity contribution in [2.24, 2.45) is 0 Å². The Hall–Kier alpha value is -0.960. The summed E-state index contributed by atoms with van der Waals surface area (Å²) in [4.78, 5) is 10.6. The zero-order valence-electron chi connectivity index (χ0n) is 9.08. The summed E-state index contributed by atoms with van der Waals surface area (Å²) in [6, 6.07) is 2.46. The predicted molar refractivity (Wildman–Crippen MR) is 62.8 cm³/mol. The van der Waals surface area contributed by atoms with Gasteiger partial charge in [-0.05, 0) is 18.6 Å². The number of sulfonamides is 1. The first-order chi connectivity index (χ1) is 7.86. The van der Waals surface area contributed by atoms with Gasteiger partial charge in [0.05, 0.1) is 6.10 Å². The van der Waals surface area contributed by atoms with Gasteiger partial charge in [0.25, 0.3) is 0 Å². The highest BCUT2D eigenvalue weighted by Crippen LogP contribution is 2.21. The van der Waals surface area contributed by atoms with E-state index < -0.39 is 22.1 Å². The van der Waals surface area contributed by atoms with E-state index in [0.29, 0.717) is 17.8 Å². The van der Waals surface area contributed by atoms with Crippen molar-refractivity contribution in [2.45, 2.75) is 23.7 Å². The number of carbonyl (C=O) groups is 1. The highest BCUT2D eigenvalue weighted by Gasteiger charge is 2.19. The van der Waals surface area contributed by atoms with E-state index in [-0.39, 0.29) is 15.6 Å². The summed E-state index contributed by atoms with van der Waals surface area (Å²) in [5.41, 5.74) is 0. The fourth-order valence-electron chi connectivity index (χ4n) is 1.00. The van der Waals surface area contributed by atoms with Gasteiger partial charge in [-0.15, -0.1) is 11.3 Å². The van der Waals surface area contributed by atoms with Crippen LogP contribution in [0.15, 0.2) is 16.3 Å². The van der Waals surface area contributed by atoms with Gasteiger partial charge in [0.15, 0.2) is 0 Å². The van der Waals surface area contributed by atoms with Gasteiger partial charge in [0.2, 0.25) is 10.0 Å². The predicted octanol–water partition coefficient (Wildman–Crippen LogP) is 0.496. The van der Waals surface area contributed by atoms with E-state index in [1.54, 1.807) is 6.92 Å². The molecule has 8 heteroatoms. The second-order valence-corrected chi connectivity index (χ2v) is 6.42. The minimum atomic E-state index is -3.73. The number of hydrogen-bond donors (Lipinski definition) is 3. The fraction of sp³-hybridized carbons (Fsp3) is 0.444. The lowest BCUT2D eigenvalue weighted by Gasteiger charge is -2.08. The number of thiophene rings is 1. The molecular formula is C9H13NO5S2. The Balaban J connectivity index is 2.79. The van der Waals surface area contributed by atoms with E-state index in [2.05, 4.69) is 4.72 Å². The summed E-state index contributed by atoms with van der Waals surface area (Å²) in [5, 5.41) is 17.9. The molecule has 17 heavy (non-hydrogen) atoms. The number of carboxylic acid groups (broad SMARTS) is 1. The summed E-state index contributed by atoms with van der Waals surface area (Å²) in [5.74, 6) is -1.16. The molecule has 0 aromatic carbocycles. The van der Waals surface area contributed by atoms with Crippen LogP contribution in [0.5, 0.6) is 0 Å². The summed E-state index contributed by atoms with van der Waals surface area (Å²) in [6.07, 6.45) is -0.309. The van der Waals surface area contributed by atoms with Gasteiger partial charge in [-0.25, -0.2) is 17.9 Å². The number of nitrogens with one attached hydrogen (secondary N) is 1. The molecule has 0 amide bonds. The third kappa shape index (κ3) is 3.77. The van der Waals surface area contributed by atoms with Crippen LogP contribution in [0.2, 0.25) is 0 Å². The van der Waals surface area contributed by atoms with Crippen LogP contribution in [0.25, 0.3) is 0 Å². The average molecular weight is 279 g/mol. The quantitative estimate of drug-likeness (QED) is 0.703. The van der Waals surface area contributed by atoms with Crippen molar-refractivity contribution in [3.63, 3.8) is 0 Å². The summed E-state index contributed by atoms with van der Waals surface area (Å²) < 4.78 is 25.5. The Morgan fingerprint density at radius 1 is 1.53 bits per heavy atom. The molecule has 6 nitrogen and oxygen atoms in total. The van der Waals surface area contributed by atoms with Crippen LogP contribution in [0, 0.1) is 0 Å². The molecule has 1 rings (SSSR count). The number of aliphatic hydroxyl groups is 1. The van der Waals surface area contributed by atoms with Crippen molar-refractivity contribution < 1.29 is 23.4 Å². The zero-order valence-corrected chi connectivity index (χ0v) is 10.7. The first kappa shape index (κ1) is 14.1. The lowest BCUT2D eigenvalue weighted by Crippen LogP contribution is -2.31. The highest BCUT2D eigenvalue weighted by molar-refractivity contribution is 7.91. The molecule has 96 valence electrons. The van der Waals surface area contributed by atoms with E-state index in [1.165, 1.54) is 12.1 Å². The van der Waals surface area contributed by atoms with Gasteiger partial charge in [-0.3, -0.25) is 0 Å². The number of carboxylic acids is 1. The van der Waals surface area contributed by atoms with Crippen LogP contribution in [0.1, 0.15) is 23.0 Å². The molecule has 1 aromatic rings. The number of hydrogen-bond acceptors (Lipinski definition) is 5. The standard InChI is InChI=1S/C9H13NO5S2/c1-2-6(11)5-10-17(14,15)8-4-3-7(16-8)9(12)13/h3-4,6,10-11H,2,5H2,1H3,(H,12,13). The Morgan fingerprint density at radius 3 is 2.65 bits per heavy atom. The minimum absolute atomic E-state index is 0.0404. The largest absolute Gasteiger partial charge is 0.477 e. The first-order valence-electron chi connectivity index (χ1n) is 4.87.